The van der Waals surface area contributed by atoms with Crippen molar-refractivity contribution < 1.29 is 18.3 Å². The van der Waals surface area contributed by atoms with E-state index in [1.165, 1.54) is 7.11 Å². The molecule has 0 fully saturated rings. The van der Waals surface area contributed by atoms with Crippen molar-refractivity contribution in [2.24, 2.45) is 0 Å². The van der Waals surface area contributed by atoms with E-state index in [0.717, 1.165) is 24.9 Å². The number of rotatable bonds is 7. The van der Waals surface area contributed by atoms with E-state index in [0.29, 0.717) is 23.5 Å². The molecule has 0 saturated carbocycles. The lowest BCUT2D eigenvalue weighted by molar-refractivity contribution is 0.273. The Labute approximate surface area is 181 Å². The normalized spacial score (nSPS) is 21.6. The second-order valence-electron chi connectivity index (χ2n) is 7.81. The van der Waals surface area contributed by atoms with Crippen LogP contribution in [-0.2, 0) is 16.6 Å². The largest absolute Gasteiger partial charge is 0.496 e. The Morgan fingerprint density at radius 1 is 1.23 bits per heavy atom. The standard InChI is InChI=1S/C22H31N2O4PS/c1-5-6-12-22(2)16-23(18-10-8-7-9-11-18)19-14-20(28-3)17(15-25)13-21(19)30(26,27)24(22)29-4/h7-11,13-14,25,29H,5-6,12,15-16H2,1-4H3. The summed E-state index contributed by atoms with van der Waals surface area (Å²) >= 11 is 0. The molecular formula is C22H31N2O4PS. The zero-order valence-corrected chi connectivity index (χ0v) is 19.9. The van der Waals surface area contributed by atoms with Gasteiger partial charge in [0.1, 0.15) is 10.6 Å². The van der Waals surface area contributed by atoms with Crippen molar-refractivity contribution in [2.75, 3.05) is 25.2 Å². The van der Waals surface area contributed by atoms with Gasteiger partial charge in [0.05, 0.1) is 24.9 Å². The minimum Gasteiger partial charge on any atom is -0.496 e. The molecule has 3 rings (SSSR count). The summed E-state index contributed by atoms with van der Waals surface area (Å²) in [5.41, 5.74) is 1.41. The molecule has 30 heavy (non-hydrogen) atoms. The van der Waals surface area contributed by atoms with Crippen LogP contribution in [0.2, 0.25) is 0 Å². The number of ether oxygens (including phenoxy) is 1. The molecule has 2 atom stereocenters. The molecule has 8 heteroatoms. The average molecular weight is 451 g/mol. The molecule has 6 nitrogen and oxygen atoms in total. The third kappa shape index (κ3) is 4.09. The predicted octanol–water partition coefficient (Wildman–Crippen LogP) is 4.50. The van der Waals surface area contributed by atoms with E-state index in [2.05, 4.69) is 11.8 Å². The van der Waals surface area contributed by atoms with E-state index in [-0.39, 0.29) is 20.2 Å². The molecule has 0 radical (unpaired) electrons. The summed E-state index contributed by atoms with van der Waals surface area (Å²) in [6, 6.07) is 13.2. The number of fused-ring (bicyclic) bond motifs is 1. The van der Waals surface area contributed by atoms with Gasteiger partial charge in [-0.3, -0.25) is 0 Å². The van der Waals surface area contributed by atoms with Crippen LogP contribution >= 0.6 is 8.73 Å². The van der Waals surface area contributed by atoms with Crippen LogP contribution in [0, 0.1) is 0 Å². The Morgan fingerprint density at radius 3 is 2.50 bits per heavy atom. The number of methoxy groups -OCH3 is 1. The van der Waals surface area contributed by atoms with E-state index >= 15 is 0 Å². The SMILES string of the molecule is CCCCC1(C)CN(c2ccccc2)c2cc(OC)c(CO)cc2S(=O)(=O)N1PC. The first-order valence-corrected chi connectivity index (χ1v) is 13.1. The molecule has 0 saturated heterocycles. The number of aliphatic hydroxyl groups excluding tert-OH is 1. The first-order chi connectivity index (χ1) is 14.3. The van der Waals surface area contributed by atoms with Gasteiger partial charge in [0, 0.05) is 23.9 Å². The molecule has 164 valence electrons. The summed E-state index contributed by atoms with van der Waals surface area (Å²) in [6.07, 6.45) is 2.71. The molecule has 0 amide bonds. The fourth-order valence-electron chi connectivity index (χ4n) is 4.17. The number of unbranched alkanes of at least 4 members (excludes halogenated alkanes) is 1. The van der Waals surface area contributed by atoms with E-state index in [1.54, 1.807) is 16.2 Å². The number of nitrogens with zero attached hydrogens (tertiary/aromatic N) is 2. The van der Waals surface area contributed by atoms with Gasteiger partial charge in [-0.05, 0) is 46.9 Å². The molecule has 0 bridgehead atoms. The van der Waals surface area contributed by atoms with Crippen LogP contribution in [0.4, 0.5) is 11.4 Å². The van der Waals surface area contributed by atoms with Crippen LogP contribution in [0.25, 0.3) is 0 Å². The van der Waals surface area contributed by atoms with Crippen molar-refractivity contribution in [2.45, 2.75) is 50.2 Å². The van der Waals surface area contributed by atoms with Gasteiger partial charge in [-0.15, -0.1) is 0 Å². The summed E-state index contributed by atoms with van der Waals surface area (Å²) in [5.74, 6) is 0.482. The Balaban J connectivity index is 2.33. The van der Waals surface area contributed by atoms with Gasteiger partial charge in [-0.1, -0.05) is 38.0 Å². The molecule has 1 aliphatic heterocycles. The van der Waals surface area contributed by atoms with E-state index in [4.69, 9.17) is 4.74 Å². The van der Waals surface area contributed by atoms with Crippen LogP contribution < -0.4 is 9.64 Å². The van der Waals surface area contributed by atoms with Gasteiger partial charge >= 0.3 is 0 Å². The number of hydrogen-bond donors (Lipinski definition) is 1. The highest BCUT2D eigenvalue weighted by atomic mass is 32.2. The zero-order chi connectivity index (χ0) is 21.9. The van der Waals surface area contributed by atoms with Crippen molar-refractivity contribution in [3.63, 3.8) is 0 Å². The van der Waals surface area contributed by atoms with Crippen LogP contribution in [0.1, 0.15) is 38.7 Å². The number of anilines is 2. The van der Waals surface area contributed by atoms with E-state index < -0.39 is 15.6 Å². The van der Waals surface area contributed by atoms with Crippen molar-refractivity contribution in [1.29, 1.82) is 0 Å². The Hall–Kier alpha value is -1.66. The molecule has 2 aromatic carbocycles. The quantitative estimate of drug-likeness (QED) is 0.629. The highest BCUT2D eigenvalue weighted by Crippen LogP contribution is 2.47. The fourth-order valence-corrected chi connectivity index (χ4v) is 7.80. The van der Waals surface area contributed by atoms with Crippen LogP contribution in [0.15, 0.2) is 47.4 Å². The van der Waals surface area contributed by atoms with E-state index in [1.807, 2.05) is 43.9 Å². The van der Waals surface area contributed by atoms with Crippen molar-refractivity contribution in [3.8, 4) is 5.75 Å². The Kier molecular flexibility index (Phi) is 7.08. The minimum atomic E-state index is -3.77. The molecule has 0 aromatic heterocycles. The van der Waals surface area contributed by atoms with Gasteiger partial charge in [-0.25, -0.2) is 8.42 Å². The Morgan fingerprint density at radius 2 is 1.93 bits per heavy atom. The van der Waals surface area contributed by atoms with Gasteiger partial charge < -0.3 is 14.7 Å². The molecule has 1 aliphatic rings. The monoisotopic (exact) mass is 450 g/mol. The summed E-state index contributed by atoms with van der Waals surface area (Å²) in [5, 5.41) is 9.82. The summed E-state index contributed by atoms with van der Waals surface area (Å²) in [4.78, 5) is 2.29. The highest BCUT2D eigenvalue weighted by molar-refractivity contribution is 7.93. The predicted molar refractivity (Wildman–Crippen MR) is 124 cm³/mol. The zero-order valence-electron chi connectivity index (χ0n) is 18.1. The number of hydrogen-bond acceptors (Lipinski definition) is 5. The molecule has 0 spiro atoms. The maximum atomic E-state index is 13.9. The number of para-hydroxylation sites is 1. The number of aliphatic hydroxyl groups is 1. The average Bonchev–Trinajstić information content (AvgIpc) is 2.82. The minimum absolute atomic E-state index is 0.0959. The maximum absolute atomic E-state index is 13.9. The van der Waals surface area contributed by atoms with Gasteiger partial charge in [0.25, 0.3) is 0 Å². The van der Waals surface area contributed by atoms with Gasteiger partial charge in [-0.2, -0.15) is 4.08 Å². The van der Waals surface area contributed by atoms with Crippen molar-refractivity contribution >= 4 is 30.1 Å². The molecule has 1 heterocycles. The van der Waals surface area contributed by atoms with Gasteiger partial charge in [0.15, 0.2) is 0 Å². The molecule has 1 N–H and O–H groups in total. The lowest BCUT2D eigenvalue weighted by atomic mass is 9.94. The van der Waals surface area contributed by atoms with Crippen LogP contribution in [0.5, 0.6) is 5.75 Å². The van der Waals surface area contributed by atoms with Crippen molar-refractivity contribution in [3.05, 3.63) is 48.0 Å². The first kappa shape index (κ1) is 23.0. The number of sulfonamides is 1. The maximum Gasteiger partial charge on any atom is 0.248 e. The summed E-state index contributed by atoms with van der Waals surface area (Å²) < 4.78 is 34.9. The topological polar surface area (TPSA) is 70.1 Å². The second kappa shape index (κ2) is 9.23. The highest BCUT2D eigenvalue weighted by Gasteiger charge is 2.45. The molecule has 0 aliphatic carbocycles. The van der Waals surface area contributed by atoms with Crippen LogP contribution in [0.3, 0.4) is 0 Å². The fraction of sp³-hybridized carbons (Fsp3) is 0.455. The first-order valence-electron chi connectivity index (χ1n) is 10.2. The molecule has 2 unspecified atom stereocenters. The van der Waals surface area contributed by atoms with Crippen molar-refractivity contribution in [1.82, 2.24) is 4.08 Å². The molecular weight excluding hydrogens is 419 g/mol. The Bertz CT molecular complexity index is 984. The second-order valence-corrected chi connectivity index (χ2v) is 10.8. The van der Waals surface area contributed by atoms with Crippen LogP contribution in [-0.4, -0.2) is 43.5 Å². The molecule has 2 aromatic rings. The lowest BCUT2D eigenvalue weighted by Crippen LogP contribution is -2.49. The summed E-state index contributed by atoms with van der Waals surface area (Å²) in [6.45, 7) is 6.32. The summed E-state index contributed by atoms with van der Waals surface area (Å²) in [7, 11) is -2.14. The van der Waals surface area contributed by atoms with Gasteiger partial charge in [0.2, 0.25) is 10.0 Å². The third-order valence-corrected chi connectivity index (χ3v) is 9.69. The smallest absolute Gasteiger partial charge is 0.248 e. The number of benzene rings is 2. The lowest BCUT2D eigenvalue weighted by Gasteiger charge is -2.40. The van der Waals surface area contributed by atoms with E-state index in [9.17, 15) is 13.5 Å². The third-order valence-electron chi connectivity index (χ3n) is 5.67.